The van der Waals surface area contributed by atoms with E-state index in [0.29, 0.717) is 22.6 Å². The van der Waals surface area contributed by atoms with Crippen LogP contribution in [0.25, 0.3) is 0 Å². The molecule has 2 heterocycles. The van der Waals surface area contributed by atoms with Crippen molar-refractivity contribution in [1.29, 1.82) is 0 Å². The number of hydrogen-bond acceptors (Lipinski definition) is 4. The molecule has 1 aromatic heterocycles. The molecular weight excluding hydrogens is 280 g/mol. The van der Waals surface area contributed by atoms with Gasteiger partial charge in [-0.3, -0.25) is 0 Å². The largest absolute Gasteiger partial charge is 0.254 e. The second kappa shape index (κ2) is 4.84. The molecule has 4 nitrogen and oxygen atoms in total. The van der Waals surface area contributed by atoms with Crippen molar-refractivity contribution in [3.05, 3.63) is 11.2 Å². The molecule has 0 N–H and O–H groups in total. The fourth-order valence-electron chi connectivity index (χ4n) is 2.08. The SMILES string of the molecule is Cc1ncc(S(=O)(=O)N2CCC(C)C2CCl)s1. The topological polar surface area (TPSA) is 50.3 Å². The van der Waals surface area contributed by atoms with E-state index in [0.717, 1.165) is 11.4 Å². The first kappa shape index (κ1) is 13.3. The van der Waals surface area contributed by atoms with Crippen LogP contribution in [0.4, 0.5) is 0 Å². The van der Waals surface area contributed by atoms with Crippen LogP contribution < -0.4 is 0 Å². The maximum absolute atomic E-state index is 12.4. The number of nitrogens with zero attached hydrogens (tertiary/aromatic N) is 2. The molecule has 0 radical (unpaired) electrons. The Balaban J connectivity index is 2.33. The van der Waals surface area contributed by atoms with Gasteiger partial charge in [0.05, 0.1) is 11.2 Å². The number of aromatic nitrogens is 1. The average molecular weight is 295 g/mol. The van der Waals surface area contributed by atoms with Crippen molar-refractivity contribution in [3.63, 3.8) is 0 Å². The zero-order chi connectivity index (χ0) is 12.6. The zero-order valence-corrected chi connectivity index (χ0v) is 12.1. The van der Waals surface area contributed by atoms with Crippen LogP contribution in [0.5, 0.6) is 0 Å². The summed E-state index contributed by atoms with van der Waals surface area (Å²) in [6.45, 7) is 4.40. The number of aryl methyl sites for hydroxylation is 1. The van der Waals surface area contributed by atoms with Crippen LogP contribution in [0, 0.1) is 12.8 Å². The molecule has 0 aromatic carbocycles. The minimum absolute atomic E-state index is 0.0935. The molecule has 2 atom stereocenters. The predicted molar refractivity (Wildman–Crippen MR) is 69.0 cm³/mol. The second-order valence-electron chi connectivity index (χ2n) is 4.30. The van der Waals surface area contributed by atoms with Gasteiger partial charge in [-0.05, 0) is 19.3 Å². The highest BCUT2D eigenvalue weighted by atomic mass is 35.5. The summed E-state index contributed by atoms with van der Waals surface area (Å²) in [6, 6.07) is -0.0935. The molecule has 0 aliphatic carbocycles. The molecule has 96 valence electrons. The van der Waals surface area contributed by atoms with Crippen LogP contribution in [-0.4, -0.2) is 36.2 Å². The molecule has 0 saturated carbocycles. The minimum Gasteiger partial charge on any atom is -0.249 e. The van der Waals surface area contributed by atoms with Gasteiger partial charge < -0.3 is 0 Å². The molecule has 0 amide bonds. The number of rotatable bonds is 3. The molecule has 1 aromatic rings. The summed E-state index contributed by atoms with van der Waals surface area (Å²) in [5.41, 5.74) is 0. The Morgan fingerprint density at radius 2 is 2.35 bits per heavy atom. The third kappa shape index (κ3) is 2.36. The molecule has 7 heteroatoms. The van der Waals surface area contributed by atoms with Gasteiger partial charge in [0.1, 0.15) is 0 Å². The quantitative estimate of drug-likeness (QED) is 0.802. The normalized spacial score (nSPS) is 26.5. The van der Waals surface area contributed by atoms with Crippen LogP contribution in [-0.2, 0) is 10.0 Å². The summed E-state index contributed by atoms with van der Waals surface area (Å²) in [5.74, 6) is 0.661. The van der Waals surface area contributed by atoms with Gasteiger partial charge in [-0.15, -0.1) is 22.9 Å². The van der Waals surface area contributed by atoms with Gasteiger partial charge in [0, 0.05) is 18.5 Å². The smallest absolute Gasteiger partial charge is 0.249 e. The monoisotopic (exact) mass is 294 g/mol. The molecule has 17 heavy (non-hydrogen) atoms. The molecule has 1 saturated heterocycles. The highest BCUT2D eigenvalue weighted by Crippen LogP contribution is 2.32. The lowest BCUT2D eigenvalue weighted by Crippen LogP contribution is -2.38. The van der Waals surface area contributed by atoms with E-state index in [4.69, 9.17) is 11.6 Å². The van der Waals surface area contributed by atoms with Gasteiger partial charge in [-0.25, -0.2) is 13.4 Å². The average Bonchev–Trinajstić information content (AvgIpc) is 2.84. The maximum Gasteiger partial charge on any atom is 0.254 e. The second-order valence-corrected chi connectivity index (χ2v) is 7.96. The number of alkyl halides is 1. The number of sulfonamides is 1. The van der Waals surface area contributed by atoms with Crippen molar-refractivity contribution in [2.45, 2.75) is 30.5 Å². The molecule has 2 rings (SSSR count). The van der Waals surface area contributed by atoms with E-state index in [-0.39, 0.29) is 6.04 Å². The van der Waals surface area contributed by atoms with Gasteiger partial charge in [-0.2, -0.15) is 4.31 Å². The van der Waals surface area contributed by atoms with Crippen molar-refractivity contribution in [2.24, 2.45) is 5.92 Å². The Kier molecular flexibility index (Phi) is 3.77. The van der Waals surface area contributed by atoms with E-state index in [2.05, 4.69) is 4.98 Å². The van der Waals surface area contributed by atoms with Crippen LogP contribution in [0.3, 0.4) is 0 Å². The van der Waals surface area contributed by atoms with Crippen molar-refractivity contribution in [3.8, 4) is 0 Å². The fraction of sp³-hybridized carbons (Fsp3) is 0.700. The summed E-state index contributed by atoms with van der Waals surface area (Å²) < 4.78 is 26.6. The number of thiazole rings is 1. The number of halogens is 1. The predicted octanol–water partition coefficient (Wildman–Crippen LogP) is 2.09. The standard InChI is InChI=1S/C10H15ClN2O2S2/c1-7-3-4-13(9(7)5-11)17(14,15)10-6-12-8(2)16-10/h6-7,9H,3-5H2,1-2H3. The Bertz CT molecular complexity index is 500. The molecule has 1 aliphatic heterocycles. The van der Waals surface area contributed by atoms with E-state index in [1.54, 1.807) is 6.92 Å². The maximum atomic E-state index is 12.4. The van der Waals surface area contributed by atoms with Gasteiger partial charge in [0.25, 0.3) is 10.0 Å². The molecule has 1 fully saturated rings. The van der Waals surface area contributed by atoms with Crippen LogP contribution >= 0.6 is 22.9 Å². The van der Waals surface area contributed by atoms with Crippen molar-refractivity contribution in [2.75, 3.05) is 12.4 Å². The fourth-order valence-corrected chi connectivity index (χ4v) is 5.60. The third-order valence-corrected chi connectivity index (χ3v) is 6.74. The van der Waals surface area contributed by atoms with Crippen molar-refractivity contribution < 1.29 is 8.42 Å². The minimum atomic E-state index is -3.41. The first-order chi connectivity index (χ1) is 7.96. The van der Waals surface area contributed by atoms with E-state index in [1.165, 1.54) is 21.8 Å². The Labute approximate surface area is 111 Å². The summed E-state index contributed by atoms with van der Waals surface area (Å²) in [5, 5.41) is 0.762. The van der Waals surface area contributed by atoms with Gasteiger partial charge in [0.15, 0.2) is 4.21 Å². The van der Waals surface area contributed by atoms with Gasteiger partial charge >= 0.3 is 0 Å². The Morgan fingerprint density at radius 1 is 1.65 bits per heavy atom. The Morgan fingerprint density at radius 3 is 2.88 bits per heavy atom. The van der Waals surface area contributed by atoms with Crippen LogP contribution in [0.2, 0.25) is 0 Å². The Hall–Kier alpha value is -0.170. The van der Waals surface area contributed by atoms with E-state index in [1.807, 2.05) is 6.92 Å². The molecule has 2 unspecified atom stereocenters. The summed E-state index contributed by atoms with van der Waals surface area (Å²) >= 11 is 7.09. The molecular formula is C10H15ClN2O2S2. The lowest BCUT2D eigenvalue weighted by molar-refractivity contribution is 0.376. The highest BCUT2D eigenvalue weighted by Gasteiger charge is 2.39. The molecule has 0 bridgehead atoms. The summed E-state index contributed by atoms with van der Waals surface area (Å²) in [6.07, 6.45) is 2.30. The van der Waals surface area contributed by atoms with E-state index in [9.17, 15) is 8.42 Å². The van der Waals surface area contributed by atoms with E-state index >= 15 is 0 Å². The first-order valence-corrected chi connectivity index (χ1v) is 8.26. The van der Waals surface area contributed by atoms with Crippen molar-refractivity contribution >= 4 is 33.0 Å². The van der Waals surface area contributed by atoms with Crippen LogP contribution in [0.15, 0.2) is 10.4 Å². The lowest BCUT2D eigenvalue weighted by Gasteiger charge is -2.23. The zero-order valence-electron chi connectivity index (χ0n) is 9.76. The molecule has 0 spiro atoms. The molecule has 1 aliphatic rings. The third-order valence-electron chi connectivity index (χ3n) is 3.15. The van der Waals surface area contributed by atoms with E-state index < -0.39 is 10.0 Å². The highest BCUT2D eigenvalue weighted by molar-refractivity contribution is 7.91. The van der Waals surface area contributed by atoms with Gasteiger partial charge in [-0.1, -0.05) is 6.92 Å². The van der Waals surface area contributed by atoms with Gasteiger partial charge in [0.2, 0.25) is 0 Å². The summed E-state index contributed by atoms with van der Waals surface area (Å²) in [7, 11) is -3.41. The van der Waals surface area contributed by atoms with Crippen molar-refractivity contribution in [1.82, 2.24) is 9.29 Å². The van der Waals surface area contributed by atoms with Crippen LogP contribution in [0.1, 0.15) is 18.4 Å². The number of hydrogen-bond donors (Lipinski definition) is 0. The first-order valence-electron chi connectivity index (χ1n) is 5.47. The lowest BCUT2D eigenvalue weighted by atomic mass is 10.1. The summed E-state index contributed by atoms with van der Waals surface area (Å²) in [4.78, 5) is 4.00.